The third-order valence-corrected chi connectivity index (χ3v) is 5.01. The molecule has 2 aromatic heterocycles. The fraction of sp³-hybridized carbons (Fsp3) is 0.222. The lowest BCUT2D eigenvalue weighted by atomic mass is 10.2. The van der Waals surface area contributed by atoms with Gasteiger partial charge in [0.15, 0.2) is 5.82 Å². The van der Waals surface area contributed by atoms with Gasteiger partial charge in [-0.05, 0) is 31.5 Å². The van der Waals surface area contributed by atoms with Crippen molar-refractivity contribution in [2.45, 2.75) is 13.8 Å². The molecule has 2 N–H and O–H groups in total. The normalized spacial score (nSPS) is 10.5. The number of nitrogens with one attached hydrogen (secondary N) is 2. The predicted molar refractivity (Wildman–Crippen MR) is 102 cm³/mol. The lowest BCUT2D eigenvalue weighted by Gasteiger charge is -2.11. The number of amides is 1. The molecule has 0 atom stereocenters. The van der Waals surface area contributed by atoms with Crippen LogP contribution < -0.4 is 15.6 Å². The largest absolute Gasteiger partial charge is 0.496 e. The molecule has 27 heavy (non-hydrogen) atoms. The van der Waals surface area contributed by atoms with Crippen LogP contribution >= 0.6 is 11.3 Å². The van der Waals surface area contributed by atoms with Crippen molar-refractivity contribution in [2.24, 2.45) is 0 Å². The molecule has 0 spiro atoms. The van der Waals surface area contributed by atoms with Gasteiger partial charge < -0.3 is 9.47 Å². The molecule has 0 saturated carbocycles. The Morgan fingerprint density at radius 1 is 1.22 bits per heavy atom. The fourth-order valence-electron chi connectivity index (χ4n) is 2.57. The van der Waals surface area contributed by atoms with Gasteiger partial charge in [0.25, 0.3) is 5.91 Å². The zero-order valence-corrected chi connectivity index (χ0v) is 15.8. The van der Waals surface area contributed by atoms with E-state index in [-0.39, 0.29) is 12.5 Å². The highest BCUT2D eigenvalue weighted by Gasteiger charge is 2.20. The Bertz CT molecular complexity index is 1000. The van der Waals surface area contributed by atoms with E-state index in [0.29, 0.717) is 37.8 Å². The number of nitrogens with zero attached hydrogens (tertiary/aromatic N) is 2. The zero-order chi connectivity index (χ0) is 19.4. The van der Waals surface area contributed by atoms with Crippen molar-refractivity contribution in [3.8, 4) is 5.75 Å². The molecule has 0 radical (unpaired) electrons. The summed E-state index contributed by atoms with van der Waals surface area (Å²) < 4.78 is 10.3. The van der Waals surface area contributed by atoms with Crippen LogP contribution in [0.1, 0.15) is 32.5 Å². The Morgan fingerprint density at radius 3 is 2.74 bits per heavy atom. The maximum absolute atomic E-state index is 12.4. The number of carbonyl (C=O) groups excluding carboxylic acids is 2. The molecule has 8 nitrogen and oxygen atoms in total. The monoisotopic (exact) mass is 386 g/mol. The van der Waals surface area contributed by atoms with E-state index >= 15 is 0 Å². The van der Waals surface area contributed by atoms with Crippen LogP contribution in [0.25, 0.3) is 10.2 Å². The fourth-order valence-corrected chi connectivity index (χ4v) is 3.62. The second-order valence-electron chi connectivity index (χ2n) is 5.46. The van der Waals surface area contributed by atoms with Crippen LogP contribution in [0.3, 0.4) is 0 Å². The lowest BCUT2D eigenvalue weighted by molar-refractivity contribution is 0.0531. The number of rotatable bonds is 6. The molecule has 140 valence electrons. The number of thiophene rings is 1. The molecule has 0 saturated heterocycles. The summed E-state index contributed by atoms with van der Waals surface area (Å²) in [6, 6.07) is 6.88. The van der Waals surface area contributed by atoms with E-state index in [9.17, 15) is 9.59 Å². The highest BCUT2D eigenvalue weighted by Crippen LogP contribution is 2.33. The molecule has 0 aliphatic carbocycles. The Morgan fingerprint density at radius 2 is 2.00 bits per heavy atom. The third kappa shape index (κ3) is 3.68. The van der Waals surface area contributed by atoms with Crippen molar-refractivity contribution >= 4 is 39.2 Å². The molecule has 0 fully saturated rings. The smallest absolute Gasteiger partial charge is 0.348 e. The van der Waals surface area contributed by atoms with Gasteiger partial charge in [0.2, 0.25) is 0 Å². The minimum atomic E-state index is -0.401. The Kier molecular flexibility index (Phi) is 5.51. The first-order valence-corrected chi connectivity index (χ1v) is 8.99. The van der Waals surface area contributed by atoms with E-state index in [1.165, 1.54) is 24.8 Å². The van der Waals surface area contributed by atoms with Crippen LogP contribution in [0.5, 0.6) is 5.75 Å². The minimum absolute atomic E-state index is 0.290. The molecule has 2 heterocycles. The predicted octanol–water partition coefficient (Wildman–Crippen LogP) is 2.94. The molecule has 0 aliphatic rings. The van der Waals surface area contributed by atoms with Gasteiger partial charge in [-0.25, -0.2) is 14.8 Å². The molecule has 0 bridgehead atoms. The van der Waals surface area contributed by atoms with Gasteiger partial charge in [-0.2, -0.15) is 0 Å². The summed E-state index contributed by atoms with van der Waals surface area (Å²) in [4.78, 5) is 34.0. The molecule has 3 rings (SSSR count). The first-order chi connectivity index (χ1) is 13.1. The molecule has 3 aromatic rings. The number of hydrogen-bond donors (Lipinski definition) is 2. The van der Waals surface area contributed by atoms with Gasteiger partial charge in [0, 0.05) is 0 Å². The van der Waals surface area contributed by atoms with Crippen molar-refractivity contribution in [1.29, 1.82) is 0 Å². The Labute approximate surface area is 159 Å². The number of carbonyl (C=O) groups is 2. The molecule has 0 aliphatic heterocycles. The van der Waals surface area contributed by atoms with Gasteiger partial charge in [-0.1, -0.05) is 12.1 Å². The third-order valence-electron chi connectivity index (χ3n) is 3.83. The number of ether oxygens (including phenoxy) is 2. The van der Waals surface area contributed by atoms with E-state index in [1.54, 1.807) is 38.1 Å². The molecule has 0 unspecified atom stereocenters. The van der Waals surface area contributed by atoms with Crippen LogP contribution in [0.4, 0.5) is 5.82 Å². The summed E-state index contributed by atoms with van der Waals surface area (Å²) in [6.07, 6.45) is 1.37. The number of fused-ring (bicyclic) bond motifs is 1. The zero-order valence-electron chi connectivity index (χ0n) is 15.0. The standard InChI is InChI=1S/C18H18N4O4S/c1-4-26-18(24)14-10(2)13-15(19-9-20-17(13)27-14)21-22-16(23)11-7-5-6-8-12(11)25-3/h5-9H,4H2,1-3H3,(H,22,23)(H,19,20,21). The van der Waals surface area contributed by atoms with E-state index in [1.807, 2.05) is 0 Å². The maximum Gasteiger partial charge on any atom is 0.348 e. The number of para-hydroxylation sites is 1. The molecular weight excluding hydrogens is 368 g/mol. The van der Waals surface area contributed by atoms with Crippen molar-refractivity contribution in [1.82, 2.24) is 15.4 Å². The van der Waals surface area contributed by atoms with Crippen LogP contribution in [-0.4, -0.2) is 35.6 Å². The number of hydrazine groups is 1. The second-order valence-corrected chi connectivity index (χ2v) is 6.46. The summed E-state index contributed by atoms with van der Waals surface area (Å²) in [6.45, 7) is 3.83. The van der Waals surface area contributed by atoms with E-state index in [4.69, 9.17) is 9.47 Å². The SMILES string of the molecule is CCOC(=O)c1sc2ncnc(NNC(=O)c3ccccc3OC)c2c1C. The quantitative estimate of drug-likeness (QED) is 0.496. The van der Waals surface area contributed by atoms with Gasteiger partial charge in [0.05, 0.1) is 24.7 Å². The van der Waals surface area contributed by atoms with Crippen LogP contribution in [-0.2, 0) is 4.74 Å². The number of aryl methyl sites for hydroxylation is 1. The minimum Gasteiger partial charge on any atom is -0.496 e. The van der Waals surface area contributed by atoms with E-state index in [2.05, 4.69) is 20.8 Å². The van der Waals surface area contributed by atoms with Crippen molar-refractivity contribution in [3.05, 3.63) is 46.6 Å². The van der Waals surface area contributed by atoms with Crippen molar-refractivity contribution in [3.63, 3.8) is 0 Å². The Balaban J connectivity index is 1.87. The highest BCUT2D eigenvalue weighted by atomic mass is 32.1. The summed E-state index contributed by atoms with van der Waals surface area (Å²) in [5.74, 6) is 0.0770. The summed E-state index contributed by atoms with van der Waals surface area (Å²) in [5.41, 5.74) is 6.49. The average Bonchev–Trinajstić information content (AvgIpc) is 3.03. The highest BCUT2D eigenvalue weighted by molar-refractivity contribution is 7.20. The van der Waals surface area contributed by atoms with E-state index in [0.717, 1.165) is 0 Å². The van der Waals surface area contributed by atoms with Gasteiger partial charge in [-0.3, -0.25) is 15.6 Å². The molecular formula is C18H18N4O4S. The first-order valence-electron chi connectivity index (χ1n) is 8.17. The van der Waals surface area contributed by atoms with Gasteiger partial charge in [-0.15, -0.1) is 11.3 Å². The van der Waals surface area contributed by atoms with Crippen molar-refractivity contribution in [2.75, 3.05) is 19.1 Å². The maximum atomic E-state index is 12.4. The van der Waals surface area contributed by atoms with Crippen LogP contribution in [0.15, 0.2) is 30.6 Å². The number of methoxy groups -OCH3 is 1. The topological polar surface area (TPSA) is 102 Å². The molecule has 1 amide bonds. The van der Waals surface area contributed by atoms with Crippen molar-refractivity contribution < 1.29 is 19.1 Å². The van der Waals surface area contributed by atoms with Crippen LogP contribution in [0.2, 0.25) is 0 Å². The molecule has 9 heteroatoms. The first kappa shape index (κ1) is 18.6. The summed E-state index contributed by atoms with van der Waals surface area (Å²) >= 11 is 1.22. The number of esters is 1. The number of benzene rings is 1. The van der Waals surface area contributed by atoms with Crippen LogP contribution in [0, 0.1) is 6.92 Å². The van der Waals surface area contributed by atoms with E-state index < -0.39 is 5.97 Å². The number of aromatic nitrogens is 2. The average molecular weight is 386 g/mol. The molecule has 1 aromatic carbocycles. The van der Waals surface area contributed by atoms with Gasteiger partial charge in [0.1, 0.15) is 21.8 Å². The summed E-state index contributed by atoms with van der Waals surface area (Å²) in [7, 11) is 1.50. The number of hydrogen-bond acceptors (Lipinski definition) is 8. The summed E-state index contributed by atoms with van der Waals surface area (Å²) in [5, 5.41) is 0.658. The van der Waals surface area contributed by atoms with Gasteiger partial charge >= 0.3 is 5.97 Å². The Hall–Kier alpha value is -3.20. The number of anilines is 1. The lowest BCUT2D eigenvalue weighted by Crippen LogP contribution is -2.30. The second kappa shape index (κ2) is 8.00.